The molecule has 4 rings (SSSR count). The van der Waals surface area contributed by atoms with Crippen molar-refractivity contribution in [2.24, 2.45) is 11.3 Å². The molecule has 3 saturated heterocycles. The first-order valence-electron chi connectivity index (χ1n) is 9.39. The Morgan fingerprint density at radius 2 is 2.05 bits per heavy atom. The molecule has 4 nitrogen and oxygen atoms in total. The van der Waals surface area contributed by atoms with E-state index in [9.17, 15) is 5.11 Å². The van der Waals surface area contributed by atoms with E-state index < -0.39 is 0 Å². The second-order valence-electron chi connectivity index (χ2n) is 8.83. The Morgan fingerprint density at radius 1 is 1.23 bits per heavy atom. The Balaban J connectivity index is 1.67. The van der Waals surface area contributed by atoms with Gasteiger partial charge in [0.25, 0.3) is 0 Å². The van der Waals surface area contributed by atoms with Crippen molar-refractivity contribution in [3.63, 3.8) is 0 Å². The van der Waals surface area contributed by atoms with Crippen molar-refractivity contribution in [1.29, 1.82) is 0 Å². The summed E-state index contributed by atoms with van der Waals surface area (Å²) in [6.45, 7) is 12.8. The highest BCUT2D eigenvalue weighted by atomic mass is 16.3. The normalized spacial score (nSPS) is 49.2. The predicted octanol–water partition coefficient (Wildman–Crippen LogP) is 1.29. The maximum Gasteiger partial charge on any atom is 0.0587 e. The number of nitrogens with one attached hydrogen (secondary N) is 1. The number of likely N-dealkylation sites (N-methyl/N-ethyl adjacent to an activating group) is 1. The topological polar surface area (TPSA) is 38.7 Å². The molecule has 0 aromatic heterocycles. The zero-order valence-corrected chi connectivity index (χ0v) is 14.5. The molecule has 4 fully saturated rings. The molecule has 0 aromatic rings. The van der Waals surface area contributed by atoms with Gasteiger partial charge < -0.3 is 15.3 Å². The van der Waals surface area contributed by atoms with Crippen LogP contribution in [0.15, 0.2) is 0 Å². The molecule has 4 aliphatic rings. The van der Waals surface area contributed by atoms with Gasteiger partial charge in [0.1, 0.15) is 0 Å². The van der Waals surface area contributed by atoms with Gasteiger partial charge in [0.2, 0.25) is 0 Å². The predicted molar refractivity (Wildman–Crippen MR) is 88.9 cm³/mol. The van der Waals surface area contributed by atoms with Crippen LogP contribution in [0.3, 0.4) is 0 Å². The molecule has 4 bridgehead atoms. The second kappa shape index (κ2) is 5.17. The highest BCUT2D eigenvalue weighted by Gasteiger charge is 2.63. The summed E-state index contributed by atoms with van der Waals surface area (Å²) in [7, 11) is 0. The van der Waals surface area contributed by atoms with Crippen molar-refractivity contribution in [2.45, 2.75) is 70.2 Å². The number of hydrogen-bond acceptors (Lipinski definition) is 4. The summed E-state index contributed by atoms with van der Waals surface area (Å²) in [6.07, 6.45) is 4.78. The van der Waals surface area contributed by atoms with Gasteiger partial charge >= 0.3 is 0 Å². The Kier molecular flexibility index (Phi) is 3.61. The number of rotatable bonds is 3. The molecule has 0 radical (unpaired) electrons. The van der Waals surface area contributed by atoms with E-state index in [-0.39, 0.29) is 17.1 Å². The average molecular weight is 307 g/mol. The number of fused-ring (bicyclic) bond motifs is 5. The number of aliphatic hydroxyl groups is 1. The summed E-state index contributed by atoms with van der Waals surface area (Å²) in [6, 6.07) is 1.26. The minimum atomic E-state index is -0.0871. The molecule has 3 heterocycles. The Morgan fingerprint density at radius 3 is 2.77 bits per heavy atom. The molecule has 0 amide bonds. The molecular formula is C18H33N3O. The van der Waals surface area contributed by atoms with Gasteiger partial charge in [0, 0.05) is 49.2 Å². The van der Waals surface area contributed by atoms with Crippen LogP contribution in [-0.2, 0) is 0 Å². The number of aliphatic hydroxyl groups excluding tert-OH is 1. The molecule has 1 aliphatic carbocycles. The van der Waals surface area contributed by atoms with Crippen LogP contribution in [0.2, 0.25) is 0 Å². The third-order valence-electron chi connectivity index (χ3n) is 7.34. The van der Waals surface area contributed by atoms with Crippen LogP contribution in [0.5, 0.6) is 0 Å². The van der Waals surface area contributed by atoms with E-state index in [1.165, 1.54) is 38.9 Å². The van der Waals surface area contributed by atoms with Crippen molar-refractivity contribution in [1.82, 2.24) is 15.1 Å². The summed E-state index contributed by atoms with van der Waals surface area (Å²) in [5.74, 6) is 0.489. The lowest BCUT2D eigenvalue weighted by Crippen LogP contribution is -2.69. The fourth-order valence-electron chi connectivity index (χ4n) is 6.10. The minimum absolute atomic E-state index is 0.0871. The third kappa shape index (κ3) is 2.10. The second-order valence-corrected chi connectivity index (χ2v) is 8.83. The largest absolute Gasteiger partial charge is 0.393 e. The molecule has 2 N–H and O–H groups in total. The number of hydrogen-bond donors (Lipinski definition) is 2. The first-order chi connectivity index (χ1) is 10.5. The Bertz CT molecular complexity index is 438. The zero-order chi connectivity index (χ0) is 15.5. The maximum atomic E-state index is 10.7. The van der Waals surface area contributed by atoms with Crippen molar-refractivity contribution < 1.29 is 5.11 Å². The van der Waals surface area contributed by atoms with E-state index in [1.807, 2.05) is 0 Å². The molecule has 126 valence electrons. The highest BCUT2D eigenvalue weighted by molar-refractivity contribution is 5.19. The van der Waals surface area contributed by atoms with E-state index in [1.54, 1.807) is 0 Å². The molecule has 5 atom stereocenters. The van der Waals surface area contributed by atoms with Gasteiger partial charge in [-0.05, 0) is 52.0 Å². The van der Waals surface area contributed by atoms with Crippen molar-refractivity contribution in [2.75, 3.05) is 32.7 Å². The number of piperazine rings is 1. The summed E-state index contributed by atoms with van der Waals surface area (Å²) < 4.78 is 0. The van der Waals surface area contributed by atoms with Crippen LogP contribution >= 0.6 is 0 Å². The quantitative estimate of drug-likeness (QED) is 0.824. The third-order valence-corrected chi connectivity index (χ3v) is 7.34. The highest BCUT2D eigenvalue weighted by Crippen LogP contribution is 2.57. The van der Waals surface area contributed by atoms with E-state index in [0.717, 1.165) is 19.5 Å². The molecule has 0 aromatic carbocycles. The summed E-state index contributed by atoms with van der Waals surface area (Å²) in [4.78, 5) is 5.29. The summed E-state index contributed by atoms with van der Waals surface area (Å²) >= 11 is 0. The molecule has 5 unspecified atom stereocenters. The van der Waals surface area contributed by atoms with Gasteiger partial charge in [0.05, 0.1) is 6.10 Å². The standard InChI is InChI=1S/C18H33N3O/c1-4-20-10-15-5-6-18(12-20,19-15)17-7-14(16(22)8-17)9-21(11-17)13(2)3/h13-16,19,22H,4-12H2,1-3H3. The Labute approximate surface area is 135 Å². The Hall–Kier alpha value is -0.160. The molecule has 3 aliphatic heterocycles. The number of piperidine rings is 1. The van der Waals surface area contributed by atoms with Gasteiger partial charge in [-0.1, -0.05) is 6.92 Å². The van der Waals surface area contributed by atoms with Crippen LogP contribution in [-0.4, -0.2) is 71.4 Å². The first-order valence-corrected chi connectivity index (χ1v) is 9.39. The van der Waals surface area contributed by atoms with Crippen molar-refractivity contribution in [3.05, 3.63) is 0 Å². The van der Waals surface area contributed by atoms with Crippen molar-refractivity contribution >= 4 is 0 Å². The SMILES string of the molecule is CCN1CC2CCC(C34CC(O)C(CN(C(C)C)C3)C4)(C1)N2. The van der Waals surface area contributed by atoms with Gasteiger partial charge in [-0.3, -0.25) is 4.90 Å². The molecule has 0 spiro atoms. The summed E-state index contributed by atoms with van der Waals surface area (Å²) in [5.41, 5.74) is 0.525. The van der Waals surface area contributed by atoms with Crippen LogP contribution in [0.25, 0.3) is 0 Å². The smallest absolute Gasteiger partial charge is 0.0587 e. The van der Waals surface area contributed by atoms with Crippen LogP contribution in [0, 0.1) is 11.3 Å². The zero-order valence-electron chi connectivity index (χ0n) is 14.5. The van der Waals surface area contributed by atoms with E-state index in [2.05, 4.69) is 35.9 Å². The van der Waals surface area contributed by atoms with Gasteiger partial charge in [-0.15, -0.1) is 0 Å². The van der Waals surface area contributed by atoms with E-state index in [0.29, 0.717) is 18.0 Å². The lowest BCUT2D eigenvalue weighted by Gasteiger charge is -2.55. The van der Waals surface area contributed by atoms with Crippen LogP contribution < -0.4 is 5.32 Å². The fourth-order valence-corrected chi connectivity index (χ4v) is 6.10. The van der Waals surface area contributed by atoms with Crippen molar-refractivity contribution in [3.8, 4) is 0 Å². The number of likely N-dealkylation sites (tertiary alicyclic amines) is 2. The molecular weight excluding hydrogens is 274 g/mol. The van der Waals surface area contributed by atoms with Crippen LogP contribution in [0.4, 0.5) is 0 Å². The van der Waals surface area contributed by atoms with E-state index >= 15 is 0 Å². The van der Waals surface area contributed by atoms with E-state index in [4.69, 9.17) is 0 Å². The van der Waals surface area contributed by atoms with Crippen LogP contribution in [0.1, 0.15) is 46.5 Å². The van der Waals surface area contributed by atoms with Gasteiger partial charge in [-0.25, -0.2) is 0 Å². The first kappa shape index (κ1) is 15.4. The molecule has 22 heavy (non-hydrogen) atoms. The number of nitrogens with zero attached hydrogens (tertiary/aromatic N) is 2. The van der Waals surface area contributed by atoms with Gasteiger partial charge in [-0.2, -0.15) is 0 Å². The lowest BCUT2D eigenvalue weighted by atomic mass is 9.64. The molecule has 1 saturated carbocycles. The average Bonchev–Trinajstić information content (AvgIpc) is 2.94. The van der Waals surface area contributed by atoms with Gasteiger partial charge in [0.15, 0.2) is 0 Å². The molecule has 4 heteroatoms. The maximum absolute atomic E-state index is 10.7. The fraction of sp³-hybridized carbons (Fsp3) is 1.00. The summed E-state index contributed by atoms with van der Waals surface area (Å²) in [5, 5.41) is 14.7. The monoisotopic (exact) mass is 307 g/mol. The lowest BCUT2D eigenvalue weighted by molar-refractivity contribution is -0.0267. The minimum Gasteiger partial charge on any atom is -0.393 e.